The SMILES string of the molecule is O=C(C1CC=CCC1)N1CCC(c2nc(Nc3ccccc3)cc(-c3ccncc3)n2)CC1. The first-order valence-corrected chi connectivity index (χ1v) is 11.8. The Kier molecular flexibility index (Phi) is 6.42. The van der Waals surface area contributed by atoms with Crippen molar-refractivity contribution in [2.45, 2.75) is 38.0 Å². The molecule has 3 aromatic rings. The Morgan fingerprint density at radius 1 is 0.939 bits per heavy atom. The summed E-state index contributed by atoms with van der Waals surface area (Å²) in [5.74, 6) is 2.33. The van der Waals surface area contributed by atoms with E-state index in [-0.39, 0.29) is 11.8 Å². The number of aromatic nitrogens is 3. The summed E-state index contributed by atoms with van der Waals surface area (Å²) < 4.78 is 0. The minimum absolute atomic E-state index is 0.152. The second-order valence-corrected chi connectivity index (χ2v) is 8.80. The molecule has 0 saturated carbocycles. The molecule has 33 heavy (non-hydrogen) atoms. The lowest BCUT2D eigenvalue weighted by molar-refractivity contribution is -0.136. The van der Waals surface area contributed by atoms with Gasteiger partial charge in [0.25, 0.3) is 0 Å². The Balaban J connectivity index is 1.35. The van der Waals surface area contributed by atoms with Crippen molar-refractivity contribution in [2.75, 3.05) is 18.4 Å². The molecule has 5 rings (SSSR count). The van der Waals surface area contributed by atoms with E-state index in [4.69, 9.17) is 9.97 Å². The van der Waals surface area contributed by atoms with Gasteiger partial charge < -0.3 is 10.2 Å². The maximum atomic E-state index is 12.9. The van der Waals surface area contributed by atoms with E-state index in [1.807, 2.05) is 48.5 Å². The molecule has 2 aromatic heterocycles. The first kappa shape index (κ1) is 21.3. The summed E-state index contributed by atoms with van der Waals surface area (Å²) in [6, 6.07) is 16.0. The number of nitrogens with one attached hydrogen (secondary N) is 1. The average Bonchev–Trinajstić information content (AvgIpc) is 2.90. The van der Waals surface area contributed by atoms with Gasteiger partial charge in [-0.3, -0.25) is 9.78 Å². The molecule has 0 radical (unpaired) electrons. The van der Waals surface area contributed by atoms with Crippen LogP contribution in [0.2, 0.25) is 0 Å². The van der Waals surface area contributed by atoms with Crippen LogP contribution in [0.4, 0.5) is 11.5 Å². The fourth-order valence-corrected chi connectivity index (χ4v) is 4.69. The molecule has 2 aliphatic rings. The van der Waals surface area contributed by atoms with Gasteiger partial charge in [0.1, 0.15) is 11.6 Å². The van der Waals surface area contributed by atoms with Crippen LogP contribution >= 0.6 is 0 Å². The predicted molar refractivity (Wildman–Crippen MR) is 130 cm³/mol. The second kappa shape index (κ2) is 9.94. The van der Waals surface area contributed by atoms with Crippen LogP contribution in [0.15, 0.2) is 73.1 Å². The molecule has 1 aliphatic carbocycles. The maximum absolute atomic E-state index is 12.9. The number of para-hydroxylation sites is 1. The minimum atomic E-state index is 0.152. The maximum Gasteiger partial charge on any atom is 0.226 e. The molecular formula is C27H29N5O. The molecule has 3 heterocycles. The molecule has 168 valence electrons. The Morgan fingerprint density at radius 3 is 2.45 bits per heavy atom. The van der Waals surface area contributed by atoms with Crippen LogP contribution in [0.25, 0.3) is 11.3 Å². The molecule has 6 nitrogen and oxygen atoms in total. The Hall–Kier alpha value is -3.54. The number of benzene rings is 1. The van der Waals surface area contributed by atoms with Crippen LogP contribution in [0.5, 0.6) is 0 Å². The van der Waals surface area contributed by atoms with Crippen molar-refractivity contribution in [3.05, 3.63) is 78.9 Å². The molecule has 1 aliphatic heterocycles. The number of likely N-dealkylation sites (tertiary alicyclic amines) is 1. The fourth-order valence-electron chi connectivity index (χ4n) is 4.69. The zero-order valence-electron chi connectivity index (χ0n) is 18.7. The molecule has 1 amide bonds. The van der Waals surface area contributed by atoms with Gasteiger partial charge in [-0.25, -0.2) is 9.97 Å². The third kappa shape index (κ3) is 5.11. The normalized spacial score (nSPS) is 18.8. The van der Waals surface area contributed by atoms with E-state index in [0.717, 1.165) is 73.8 Å². The summed E-state index contributed by atoms with van der Waals surface area (Å²) in [5, 5.41) is 3.43. The lowest BCUT2D eigenvalue weighted by Crippen LogP contribution is -2.41. The van der Waals surface area contributed by atoms with E-state index in [2.05, 4.69) is 27.4 Å². The van der Waals surface area contributed by atoms with Gasteiger partial charge in [0, 0.05) is 54.6 Å². The van der Waals surface area contributed by atoms with Crippen molar-refractivity contribution in [3.63, 3.8) is 0 Å². The van der Waals surface area contributed by atoms with Gasteiger partial charge in [0.15, 0.2) is 0 Å². The molecule has 6 heteroatoms. The Morgan fingerprint density at radius 2 is 1.73 bits per heavy atom. The first-order chi connectivity index (χ1) is 16.3. The zero-order valence-corrected chi connectivity index (χ0v) is 18.7. The van der Waals surface area contributed by atoms with Crippen molar-refractivity contribution in [3.8, 4) is 11.3 Å². The topological polar surface area (TPSA) is 71.0 Å². The predicted octanol–water partition coefficient (Wildman–Crippen LogP) is 5.34. The molecule has 1 N–H and O–H groups in total. The van der Waals surface area contributed by atoms with Gasteiger partial charge >= 0.3 is 0 Å². The summed E-state index contributed by atoms with van der Waals surface area (Å²) in [6.45, 7) is 1.54. The lowest BCUT2D eigenvalue weighted by atomic mass is 9.90. The van der Waals surface area contributed by atoms with E-state index in [0.29, 0.717) is 5.91 Å². The van der Waals surface area contributed by atoms with Gasteiger partial charge in [-0.05, 0) is 56.4 Å². The van der Waals surface area contributed by atoms with Gasteiger partial charge in [-0.2, -0.15) is 0 Å². The largest absolute Gasteiger partial charge is 0.342 e. The van der Waals surface area contributed by atoms with E-state index >= 15 is 0 Å². The second-order valence-electron chi connectivity index (χ2n) is 8.80. The first-order valence-electron chi connectivity index (χ1n) is 11.8. The van der Waals surface area contributed by atoms with Crippen molar-refractivity contribution in [1.82, 2.24) is 19.9 Å². The van der Waals surface area contributed by atoms with E-state index in [1.54, 1.807) is 12.4 Å². The number of hydrogen-bond donors (Lipinski definition) is 1. The number of anilines is 2. The highest BCUT2D eigenvalue weighted by Gasteiger charge is 2.30. The van der Waals surface area contributed by atoms with Gasteiger partial charge in [0.2, 0.25) is 5.91 Å². The number of carbonyl (C=O) groups is 1. The molecule has 1 fully saturated rings. The quantitative estimate of drug-likeness (QED) is 0.543. The summed E-state index contributed by atoms with van der Waals surface area (Å²) in [5.41, 5.74) is 2.89. The highest BCUT2D eigenvalue weighted by molar-refractivity contribution is 5.79. The number of rotatable bonds is 5. The van der Waals surface area contributed by atoms with Crippen LogP contribution in [-0.4, -0.2) is 38.8 Å². The molecule has 1 atom stereocenters. The van der Waals surface area contributed by atoms with Crippen molar-refractivity contribution in [2.24, 2.45) is 5.92 Å². The number of amides is 1. The number of nitrogens with zero attached hydrogens (tertiary/aromatic N) is 4. The monoisotopic (exact) mass is 439 g/mol. The van der Waals surface area contributed by atoms with Crippen molar-refractivity contribution >= 4 is 17.4 Å². The molecule has 1 aromatic carbocycles. The zero-order chi connectivity index (χ0) is 22.5. The number of piperidine rings is 1. The molecule has 0 bridgehead atoms. The minimum Gasteiger partial charge on any atom is -0.342 e. The number of pyridine rings is 1. The van der Waals surface area contributed by atoms with E-state index in [9.17, 15) is 4.79 Å². The van der Waals surface area contributed by atoms with Crippen LogP contribution in [0, 0.1) is 5.92 Å². The van der Waals surface area contributed by atoms with Crippen molar-refractivity contribution in [1.29, 1.82) is 0 Å². The summed E-state index contributed by atoms with van der Waals surface area (Å²) in [6.07, 6.45) is 12.5. The third-order valence-corrected chi connectivity index (χ3v) is 6.56. The van der Waals surface area contributed by atoms with Gasteiger partial charge in [-0.15, -0.1) is 0 Å². The van der Waals surface area contributed by atoms with Crippen molar-refractivity contribution < 1.29 is 4.79 Å². The standard InChI is InChI=1S/C27H29N5O/c33-27(22-7-3-1-4-8-22)32-17-13-21(14-18-32)26-30-24(20-11-15-28-16-12-20)19-25(31-26)29-23-9-5-2-6-10-23/h1-3,5-6,9-12,15-16,19,21-22H,4,7-8,13-14,17-18H2,(H,29,30,31). The van der Waals surface area contributed by atoms with E-state index < -0.39 is 0 Å². The number of hydrogen-bond acceptors (Lipinski definition) is 5. The summed E-state index contributed by atoms with van der Waals surface area (Å²) in [7, 11) is 0. The smallest absolute Gasteiger partial charge is 0.226 e. The molecule has 1 unspecified atom stereocenters. The van der Waals surface area contributed by atoms with Crippen LogP contribution < -0.4 is 5.32 Å². The Bertz CT molecular complexity index is 1110. The number of allylic oxidation sites excluding steroid dienone is 2. The summed E-state index contributed by atoms with van der Waals surface area (Å²) in [4.78, 5) is 28.9. The third-order valence-electron chi connectivity index (χ3n) is 6.56. The average molecular weight is 440 g/mol. The van der Waals surface area contributed by atoms with Gasteiger partial charge in [-0.1, -0.05) is 30.4 Å². The lowest BCUT2D eigenvalue weighted by Gasteiger charge is -2.34. The fraction of sp³-hybridized carbons (Fsp3) is 0.333. The van der Waals surface area contributed by atoms with E-state index in [1.165, 1.54) is 0 Å². The number of carbonyl (C=O) groups excluding carboxylic acids is 1. The molecular weight excluding hydrogens is 410 g/mol. The highest BCUT2D eigenvalue weighted by Crippen LogP contribution is 2.31. The molecule has 0 spiro atoms. The molecule has 1 saturated heterocycles. The summed E-state index contributed by atoms with van der Waals surface area (Å²) >= 11 is 0. The van der Waals surface area contributed by atoms with Crippen LogP contribution in [0.1, 0.15) is 43.8 Å². The highest BCUT2D eigenvalue weighted by atomic mass is 16.2. The van der Waals surface area contributed by atoms with Crippen LogP contribution in [-0.2, 0) is 4.79 Å². The Labute approximate surface area is 194 Å². The van der Waals surface area contributed by atoms with Crippen LogP contribution in [0.3, 0.4) is 0 Å². The van der Waals surface area contributed by atoms with Gasteiger partial charge in [0.05, 0.1) is 5.69 Å².